The van der Waals surface area contributed by atoms with Gasteiger partial charge in [0.15, 0.2) is 0 Å². The molecule has 3 aliphatic rings. The summed E-state index contributed by atoms with van der Waals surface area (Å²) in [5.41, 5.74) is 1.11. The fourth-order valence-electron chi connectivity index (χ4n) is 4.21. The maximum absolute atomic E-state index is 12.0. The Labute approximate surface area is 140 Å². The molecule has 0 radical (unpaired) electrons. The molecule has 2 saturated carbocycles. The van der Waals surface area contributed by atoms with Crippen molar-refractivity contribution in [2.45, 2.75) is 37.6 Å². The van der Waals surface area contributed by atoms with Crippen LogP contribution in [-0.4, -0.2) is 47.1 Å². The second-order valence-corrected chi connectivity index (χ2v) is 6.88. The Morgan fingerprint density at radius 2 is 2.04 bits per heavy atom. The minimum absolute atomic E-state index is 0.0240. The number of fused-ring (bicyclic) bond motifs is 3. The van der Waals surface area contributed by atoms with Crippen LogP contribution < -0.4 is 0 Å². The van der Waals surface area contributed by atoms with Gasteiger partial charge in [0.25, 0.3) is 0 Å². The van der Waals surface area contributed by atoms with Gasteiger partial charge in [0.1, 0.15) is 12.2 Å². The van der Waals surface area contributed by atoms with Gasteiger partial charge in [0.05, 0.1) is 24.2 Å². The van der Waals surface area contributed by atoms with Crippen LogP contribution in [0.5, 0.6) is 0 Å². The molecule has 3 rings (SSSR count). The molecule has 1 heterocycles. The second kappa shape index (κ2) is 6.18. The second-order valence-electron chi connectivity index (χ2n) is 6.88. The number of carbonyl (C=O) groups excluding carboxylic acids is 2. The summed E-state index contributed by atoms with van der Waals surface area (Å²) in [6, 6.07) is 0. The lowest BCUT2D eigenvalue weighted by atomic mass is 9.83. The van der Waals surface area contributed by atoms with Gasteiger partial charge < -0.3 is 19.7 Å². The first-order chi connectivity index (χ1) is 11.3. The van der Waals surface area contributed by atoms with Crippen molar-refractivity contribution < 1.29 is 29.3 Å². The Hall–Kier alpha value is -1.92. The molecule has 1 saturated heterocycles. The standard InChI is InChI=1S/C18H22O6/c1-8-4-14(23-17(21)9(2)7-19)15-10(3)18(22)24-16(15)13-6-11(20)5-12(8)13/h11-16,19-20H,1-7H2. The van der Waals surface area contributed by atoms with Crippen molar-refractivity contribution in [1.29, 1.82) is 0 Å². The van der Waals surface area contributed by atoms with Crippen LogP contribution in [0.3, 0.4) is 0 Å². The van der Waals surface area contributed by atoms with Crippen molar-refractivity contribution in [1.82, 2.24) is 0 Å². The highest BCUT2D eigenvalue weighted by atomic mass is 16.6. The van der Waals surface area contributed by atoms with Crippen LogP contribution in [0.2, 0.25) is 0 Å². The third kappa shape index (κ3) is 2.70. The van der Waals surface area contributed by atoms with E-state index in [1.807, 2.05) is 0 Å². The Morgan fingerprint density at radius 3 is 2.71 bits per heavy atom. The largest absolute Gasteiger partial charge is 0.458 e. The number of hydrogen-bond acceptors (Lipinski definition) is 6. The molecule has 1 aliphatic heterocycles. The lowest BCUT2D eigenvalue weighted by molar-refractivity contribution is -0.149. The molecule has 130 valence electrons. The number of aliphatic hydroxyl groups is 2. The number of aliphatic hydroxyl groups excluding tert-OH is 2. The van der Waals surface area contributed by atoms with E-state index in [9.17, 15) is 14.7 Å². The summed E-state index contributed by atoms with van der Waals surface area (Å²) >= 11 is 0. The molecule has 0 aromatic heterocycles. The molecule has 6 unspecified atom stereocenters. The third-order valence-electron chi connectivity index (χ3n) is 5.40. The van der Waals surface area contributed by atoms with Crippen molar-refractivity contribution in [2.24, 2.45) is 17.8 Å². The maximum atomic E-state index is 12.0. The van der Waals surface area contributed by atoms with Crippen LogP contribution in [0, 0.1) is 17.8 Å². The van der Waals surface area contributed by atoms with Crippen molar-refractivity contribution in [3.8, 4) is 0 Å². The number of rotatable bonds is 3. The third-order valence-corrected chi connectivity index (χ3v) is 5.40. The Bertz CT molecular complexity index is 621. The highest BCUT2D eigenvalue weighted by Crippen LogP contribution is 2.50. The molecule has 0 bridgehead atoms. The smallest absolute Gasteiger partial charge is 0.336 e. The van der Waals surface area contributed by atoms with E-state index in [0.29, 0.717) is 19.3 Å². The molecule has 2 aliphatic carbocycles. The molecule has 0 aromatic carbocycles. The first-order valence-electron chi connectivity index (χ1n) is 8.08. The van der Waals surface area contributed by atoms with Crippen molar-refractivity contribution in [2.75, 3.05) is 6.61 Å². The fourth-order valence-corrected chi connectivity index (χ4v) is 4.21. The summed E-state index contributed by atoms with van der Waals surface area (Å²) in [5.74, 6) is -1.68. The molecular formula is C18H22O6. The summed E-state index contributed by atoms with van der Waals surface area (Å²) in [5, 5.41) is 19.1. The van der Waals surface area contributed by atoms with Crippen LogP contribution in [0.15, 0.2) is 36.5 Å². The van der Waals surface area contributed by atoms with Gasteiger partial charge >= 0.3 is 11.9 Å². The highest BCUT2D eigenvalue weighted by Gasteiger charge is 2.55. The summed E-state index contributed by atoms with van der Waals surface area (Å²) in [7, 11) is 0. The molecular weight excluding hydrogens is 312 g/mol. The van der Waals surface area contributed by atoms with Gasteiger partial charge in [-0.3, -0.25) is 0 Å². The summed E-state index contributed by atoms with van der Waals surface area (Å²) in [4.78, 5) is 24.1. The maximum Gasteiger partial charge on any atom is 0.336 e. The molecule has 0 spiro atoms. The highest BCUT2D eigenvalue weighted by molar-refractivity contribution is 5.91. The number of hydrogen-bond donors (Lipinski definition) is 2. The Morgan fingerprint density at radius 1 is 1.33 bits per heavy atom. The molecule has 2 N–H and O–H groups in total. The lowest BCUT2D eigenvalue weighted by Gasteiger charge is -2.27. The normalized spacial score (nSPS) is 38.2. The zero-order chi connectivity index (χ0) is 17.6. The van der Waals surface area contributed by atoms with Crippen LogP contribution in [-0.2, 0) is 19.1 Å². The van der Waals surface area contributed by atoms with Gasteiger partial charge in [0, 0.05) is 17.9 Å². The summed E-state index contributed by atoms with van der Waals surface area (Å²) in [6.45, 7) is 10.9. The molecule has 3 fully saturated rings. The van der Waals surface area contributed by atoms with E-state index in [4.69, 9.17) is 14.6 Å². The Kier molecular flexibility index (Phi) is 4.36. The average Bonchev–Trinajstić information content (AvgIpc) is 3.03. The summed E-state index contributed by atoms with van der Waals surface area (Å²) in [6.07, 6.45) is -0.101. The van der Waals surface area contributed by atoms with Gasteiger partial charge in [-0.25, -0.2) is 9.59 Å². The van der Waals surface area contributed by atoms with Gasteiger partial charge in [-0.15, -0.1) is 0 Å². The Balaban J connectivity index is 1.91. The summed E-state index contributed by atoms with van der Waals surface area (Å²) < 4.78 is 11.0. The van der Waals surface area contributed by atoms with Crippen molar-refractivity contribution in [3.63, 3.8) is 0 Å². The van der Waals surface area contributed by atoms with E-state index < -0.39 is 42.8 Å². The average molecular weight is 334 g/mol. The quantitative estimate of drug-likeness (QED) is 0.452. The van der Waals surface area contributed by atoms with Crippen LogP contribution in [0.4, 0.5) is 0 Å². The van der Waals surface area contributed by atoms with Crippen molar-refractivity contribution >= 4 is 11.9 Å². The minimum atomic E-state index is -0.701. The zero-order valence-electron chi connectivity index (χ0n) is 13.4. The molecule has 6 atom stereocenters. The monoisotopic (exact) mass is 334 g/mol. The topological polar surface area (TPSA) is 93.1 Å². The van der Waals surface area contributed by atoms with E-state index in [-0.39, 0.29) is 23.0 Å². The predicted octanol–water partition coefficient (Wildman–Crippen LogP) is 0.891. The first kappa shape index (κ1) is 16.9. The van der Waals surface area contributed by atoms with Crippen LogP contribution in [0.1, 0.15) is 19.3 Å². The first-order valence-corrected chi connectivity index (χ1v) is 8.08. The molecule has 0 aromatic rings. The van der Waals surface area contributed by atoms with Crippen molar-refractivity contribution in [3.05, 3.63) is 36.5 Å². The van der Waals surface area contributed by atoms with Gasteiger partial charge in [-0.1, -0.05) is 25.3 Å². The van der Waals surface area contributed by atoms with Crippen LogP contribution in [0.25, 0.3) is 0 Å². The molecule has 24 heavy (non-hydrogen) atoms. The van der Waals surface area contributed by atoms with Crippen LogP contribution >= 0.6 is 0 Å². The number of ether oxygens (including phenoxy) is 2. The van der Waals surface area contributed by atoms with E-state index >= 15 is 0 Å². The van der Waals surface area contributed by atoms with Gasteiger partial charge in [-0.05, 0) is 18.8 Å². The van der Waals surface area contributed by atoms with Gasteiger partial charge in [0.2, 0.25) is 0 Å². The molecule has 6 heteroatoms. The zero-order valence-corrected chi connectivity index (χ0v) is 13.4. The molecule has 0 amide bonds. The lowest BCUT2D eigenvalue weighted by Crippen LogP contribution is -2.36. The predicted molar refractivity (Wildman–Crippen MR) is 84.6 cm³/mol. The number of carbonyl (C=O) groups is 2. The van der Waals surface area contributed by atoms with E-state index in [1.54, 1.807) is 0 Å². The number of esters is 2. The van der Waals surface area contributed by atoms with E-state index in [1.165, 1.54) is 0 Å². The van der Waals surface area contributed by atoms with E-state index in [0.717, 1.165) is 5.57 Å². The van der Waals surface area contributed by atoms with E-state index in [2.05, 4.69) is 19.7 Å². The SMILES string of the molecule is C=C(CO)C(=O)OC1CC(=C)C2CC(O)CC2C2OC(=O)C(=C)C12. The minimum Gasteiger partial charge on any atom is -0.458 e. The van der Waals surface area contributed by atoms with Gasteiger partial charge in [-0.2, -0.15) is 0 Å². The molecule has 6 nitrogen and oxygen atoms in total. The fraction of sp³-hybridized carbons (Fsp3) is 0.556.